The van der Waals surface area contributed by atoms with E-state index in [-0.39, 0.29) is 0 Å². The molecule has 0 aromatic rings. The van der Waals surface area contributed by atoms with E-state index in [2.05, 4.69) is 23.5 Å². The molecule has 0 saturated carbocycles. The molecule has 0 N–H and O–H groups in total. The maximum Gasteiger partial charge on any atom is 0.191 e. The molecular weight excluding hydrogens is 125 g/mol. The normalized spacial score (nSPS) is 18.6. The van der Waals surface area contributed by atoms with Crippen LogP contribution in [0.5, 0.6) is 0 Å². The topological polar surface area (TPSA) is 3.24 Å². The third-order valence-corrected chi connectivity index (χ3v) is 1.33. The second-order valence-electron chi connectivity index (χ2n) is 2.59. The van der Waals surface area contributed by atoms with Crippen molar-refractivity contribution in [2.45, 2.75) is 24.4 Å². The van der Waals surface area contributed by atoms with Crippen LogP contribution < -0.4 is 0 Å². The molecule has 2 heteroatoms. The number of rotatable bonds is 0. The highest BCUT2D eigenvalue weighted by Crippen LogP contribution is 2.01. The van der Waals surface area contributed by atoms with Crippen LogP contribution in [-0.2, 0) is 0 Å². The minimum atomic E-state index is 0.750. The standard InChI is InChI=1S/C5H11N.2CH3.Al/c1-6-4-2-3-5-6;;;/h2-5H2,1H3;2*1H3;. The van der Waals surface area contributed by atoms with Crippen molar-refractivity contribution >= 4 is 15.2 Å². The van der Waals surface area contributed by atoms with E-state index in [4.69, 9.17) is 0 Å². The van der Waals surface area contributed by atoms with Gasteiger partial charge in [-0.15, -0.1) is 11.6 Å². The molecule has 53 valence electrons. The molecule has 1 aliphatic heterocycles. The molecule has 1 fully saturated rings. The molecule has 0 unspecified atom stereocenters. The lowest BCUT2D eigenvalue weighted by Gasteiger charge is -2.01. The number of hydrogen-bond donors (Lipinski definition) is 0. The first-order valence-electron chi connectivity index (χ1n) is 3.73. The maximum atomic E-state index is 2.36. The van der Waals surface area contributed by atoms with Crippen molar-refractivity contribution in [2.75, 3.05) is 20.1 Å². The van der Waals surface area contributed by atoms with Crippen LogP contribution in [-0.4, -0.2) is 40.3 Å². The van der Waals surface area contributed by atoms with Crippen LogP contribution in [0.3, 0.4) is 0 Å². The molecule has 1 aliphatic rings. The van der Waals surface area contributed by atoms with Crippen LogP contribution in [0.4, 0.5) is 0 Å². The zero-order valence-corrected chi connectivity index (χ0v) is 8.01. The molecule has 0 aromatic heterocycles. The van der Waals surface area contributed by atoms with E-state index in [1.54, 1.807) is 0 Å². The smallest absolute Gasteiger partial charge is 0.191 e. The van der Waals surface area contributed by atoms with Crippen molar-refractivity contribution in [1.82, 2.24) is 4.90 Å². The van der Waals surface area contributed by atoms with Gasteiger partial charge in [0, 0.05) is 0 Å². The van der Waals surface area contributed by atoms with Crippen LogP contribution in [0, 0.1) is 0 Å². The first kappa shape index (κ1) is 9.49. The van der Waals surface area contributed by atoms with Crippen LogP contribution in [0.25, 0.3) is 0 Å². The van der Waals surface area contributed by atoms with Gasteiger partial charge in [-0.2, -0.15) is 0 Å². The van der Waals surface area contributed by atoms with Gasteiger partial charge < -0.3 is 4.90 Å². The summed E-state index contributed by atoms with van der Waals surface area (Å²) in [6, 6.07) is 0. The van der Waals surface area contributed by atoms with E-state index in [1.807, 2.05) is 0 Å². The molecule has 1 nitrogen and oxygen atoms in total. The molecule has 0 spiro atoms. The first-order valence-corrected chi connectivity index (χ1v) is 6.04. The Balaban J connectivity index is 0.000000187. The zero-order valence-electron chi connectivity index (χ0n) is 6.85. The molecule has 1 radical (unpaired) electrons. The fourth-order valence-corrected chi connectivity index (χ4v) is 0.875. The largest absolute Gasteiger partial charge is 0.306 e. The van der Waals surface area contributed by atoms with Gasteiger partial charge in [0.2, 0.25) is 0 Å². The summed E-state index contributed by atoms with van der Waals surface area (Å²) < 4.78 is 0. The fraction of sp³-hybridized carbons (Fsp3) is 1.00. The third kappa shape index (κ3) is 6.38. The Hall–Kier alpha value is 0.492. The molecule has 1 heterocycles. The molecule has 0 bridgehead atoms. The molecule has 0 atom stereocenters. The molecule has 1 saturated heterocycles. The van der Waals surface area contributed by atoms with E-state index in [9.17, 15) is 0 Å². The summed E-state index contributed by atoms with van der Waals surface area (Å²) in [6.45, 7) is 2.64. The Bertz CT molecular complexity index is 50.9. The van der Waals surface area contributed by atoms with Gasteiger partial charge in [-0.25, -0.2) is 0 Å². The van der Waals surface area contributed by atoms with Crippen LogP contribution in [0.1, 0.15) is 12.8 Å². The summed E-state index contributed by atoms with van der Waals surface area (Å²) in [4.78, 5) is 2.36. The lowest BCUT2D eigenvalue weighted by atomic mass is 10.4. The highest BCUT2D eigenvalue weighted by atomic mass is 27.1. The SMILES string of the molecule is CN1CCCC1.[CH3][Al][CH3]. The summed E-state index contributed by atoms with van der Waals surface area (Å²) in [6.07, 6.45) is 2.83. The predicted molar refractivity (Wildman–Crippen MR) is 44.2 cm³/mol. The van der Waals surface area contributed by atoms with Gasteiger partial charge in [-0.1, -0.05) is 0 Å². The van der Waals surface area contributed by atoms with Crippen molar-refractivity contribution < 1.29 is 0 Å². The van der Waals surface area contributed by atoms with Gasteiger partial charge in [-0.3, -0.25) is 0 Å². The molecular formula is C7H17AlN. The van der Waals surface area contributed by atoms with Crippen molar-refractivity contribution in [3.8, 4) is 0 Å². The minimum absolute atomic E-state index is 0.750. The minimum Gasteiger partial charge on any atom is -0.306 e. The van der Waals surface area contributed by atoms with E-state index >= 15 is 0 Å². The highest BCUT2D eigenvalue weighted by Gasteiger charge is 2.03. The molecule has 0 aliphatic carbocycles. The zero-order chi connectivity index (χ0) is 7.11. The van der Waals surface area contributed by atoms with Crippen LogP contribution >= 0.6 is 0 Å². The van der Waals surface area contributed by atoms with Gasteiger partial charge in [0.05, 0.1) is 0 Å². The molecule has 1 rings (SSSR count). The average molecular weight is 142 g/mol. The van der Waals surface area contributed by atoms with E-state index in [1.165, 1.54) is 25.9 Å². The summed E-state index contributed by atoms with van der Waals surface area (Å²) in [5, 5.41) is 0. The number of likely N-dealkylation sites (tertiary alicyclic amines) is 1. The Kier molecular flexibility index (Phi) is 6.97. The summed E-state index contributed by atoms with van der Waals surface area (Å²) in [7, 11) is 2.17. The molecule has 0 amide bonds. The van der Waals surface area contributed by atoms with Gasteiger partial charge >= 0.3 is 0 Å². The van der Waals surface area contributed by atoms with Crippen LogP contribution in [0.2, 0.25) is 11.6 Å². The fourth-order valence-electron chi connectivity index (χ4n) is 0.875. The van der Waals surface area contributed by atoms with E-state index in [0.29, 0.717) is 0 Å². The Morgan fingerprint density at radius 1 is 1.11 bits per heavy atom. The maximum absolute atomic E-state index is 2.36. The van der Waals surface area contributed by atoms with Crippen molar-refractivity contribution in [3.05, 3.63) is 0 Å². The van der Waals surface area contributed by atoms with Gasteiger partial charge in [0.25, 0.3) is 0 Å². The van der Waals surface area contributed by atoms with E-state index < -0.39 is 0 Å². The van der Waals surface area contributed by atoms with Crippen LogP contribution in [0.15, 0.2) is 0 Å². The van der Waals surface area contributed by atoms with Gasteiger partial charge in [-0.05, 0) is 33.0 Å². The highest BCUT2D eigenvalue weighted by molar-refractivity contribution is 6.31. The monoisotopic (exact) mass is 142 g/mol. The summed E-state index contributed by atoms with van der Waals surface area (Å²) in [5.41, 5.74) is 0. The third-order valence-electron chi connectivity index (χ3n) is 1.33. The predicted octanol–water partition coefficient (Wildman–Crippen LogP) is 1.50. The summed E-state index contributed by atoms with van der Waals surface area (Å²) >= 11 is 0.750. The van der Waals surface area contributed by atoms with Crippen molar-refractivity contribution in [3.63, 3.8) is 0 Å². The average Bonchev–Trinajstić information content (AvgIpc) is 2.20. The number of hydrogen-bond acceptors (Lipinski definition) is 1. The Morgan fingerprint density at radius 2 is 1.44 bits per heavy atom. The lowest BCUT2D eigenvalue weighted by Crippen LogP contribution is -2.10. The van der Waals surface area contributed by atoms with E-state index in [0.717, 1.165) is 15.2 Å². The number of nitrogens with zero attached hydrogens (tertiary/aromatic N) is 1. The van der Waals surface area contributed by atoms with Gasteiger partial charge in [0.15, 0.2) is 15.2 Å². The molecule has 9 heavy (non-hydrogen) atoms. The Labute approximate surface area is 65.1 Å². The lowest BCUT2D eigenvalue weighted by molar-refractivity contribution is 0.418. The second-order valence-corrected chi connectivity index (χ2v) is 3.74. The quantitative estimate of drug-likeness (QED) is 0.463. The second kappa shape index (κ2) is 6.61. The first-order chi connectivity index (χ1) is 4.31. The molecule has 0 aromatic carbocycles. The van der Waals surface area contributed by atoms with Crippen molar-refractivity contribution in [2.24, 2.45) is 0 Å². The summed E-state index contributed by atoms with van der Waals surface area (Å²) in [5.74, 6) is 4.42. The Morgan fingerprint density at radius 3 is 1.56 bits per heavy atom. The van der Waals surface area contributed by atoms with Crippen molar-refractivity contribution in [1.29, 1.82) is 0 Å². The van der Waals surface area contributed by atoms with Gasteiger partial charge in [0.1, 0.15) is 0 Å².